The molecule has 4 rings (SSSR count). The van der Waals surface area contributed by atoms with Crippen LogP contribution in [0, 0.1) is 10.1 Å². The number of imidazole rings is 1. The van der Waals surface area contributed by atoms with E-state index in [-0.39, 0.29) is 11.2 Å². The highest BCUT2D eigenvalue weighted by Gasteiger charge is 2.64. The van der Waals surface area contributed by atoms with Crippen molar-refractivity contribution in [1.82, 2.24) is 19.5 Å². The van der Waals surface area contributed by atoms with Crippen molar-refractivity contribution >= 4 is 29.7 Å². The van der Waals surface area contributed by atoms with E-state index in [0.29, 0.717) is 5.56 Å². The second kappa shape index (κ2) is 8.62. The van der Waals surface area contributed by atoms with E-state index in [1.807, 2.05) is 0 Å². The predicted octanol–water partition coefficient (Wildman–Crippen LogP) is -0.820. The Bertz CT molecular complexity index is 1280. The first kappa shape index (κ1) is 23.5. The van der Waals surface area contributed by atoms with Gasteiger partial charge in [-0.3, -0.25) is 19.5 Å². The summed E-state index contributed by atoms with van der Waals surface area (Å²) in [6.45, 7) is -4.66. The van der Waals surface area contributed by atoms with Gasteiger partial charge in [0.05, 0.1) is 24.0 Å². The van der Waals surface area contributed by atoms with Crippen molar-refractivity contribution in [2.24, 2.45) is 0 Å². The van der Waals surface area contributed by atoms with Crippen molar-refractivity contribution < 1.29 is 34.2 Å². The molecular weight excluding hydrogens is 481 g/mol. The lowest BCUT2D eigenvalue weighted by atomic mass is 9.93. The van der Waals surface area contributed by atoms with Crippen LogP contribution in [-0.2, 0) is 27.5 Å². The third-order valence-electron chi connectivity index (χ3n) is 5.21. The number of aromatic nitrogens is 4. The van der Waals surface area contributed by atoms with E-state index < -0.39 is 53.9 Å². The Labute approximate surface area is 189 Å². The standard InChI is InChI=1S/C17H18N5O9PS/c23-11-12(24)16(21-8-20-10-14(21)18-7-19-15(10)25)30-13(11)17(22(26)27,31-32(28,29)33)6-9-4-2-1-3-5-9/h1-5,7-8,11-13,16,23-24H,6H2,(H,18,19,25)(H2,28,29,33)/t11-,12+,13-,16+,17?/m0/s1. The zero-order valence-corrected chi connectivity index (χ0v) is 18.2. The van der Waals surface area contributed by atoms with Crippen molar-refractivity contribution in [2.45, 2.75) is 36.7 Å². The highest BCUT2D eigenvalue weighted by atomic mass is 32.5. The molecule has 1 aromatic carbocycles. The number of aliphatic hydroxyl groups excluding tert-OH is 2. The minimum absolute atomic E-state index is 0.0132. The number of benzene rings is 1. The van der Waals surface area contributed by atoms with Gasteiger partial charge >= 0.3 is 12.4 Å². The van der Waals surface area contributed by atoms with Gasteiger partial charge in [-0.2, -0.15) is 0 Å². The number of hydrogen-bond acceptors (Lipinski definition) is 10. The van der Waals surface area contributed by atoms with E-state index in [0.717, 1.165) is 17.2 Å². The molecule has 0 bridgehead atoms. The number of aliphatic hydroxyl groups is 2. The number of nitrogens with zero attached hydrogens (tertiary/aromatic N) is 4. The minimum atomic E-state index is -4.66. The summed E-state index contributed by atoms with van der Waals surface area (Å²) in [5.41, 5.74) is -3.12. The molecule has 3 heterocycles. The molecule has 33 heavy (non-hydrogen) atoms. The molecule has 0 spiro atoms. The van der Waals surface area contributed by atoms with Gasteiger partial charge in [0.1, 0.15) is 12.2 Å². The molecule has 2 aromatic heterocycles. The first-order valence-corrected chi connectivity index (χ1v) is 12.0. The largest absolute Gasteiger partial charge is 0.387 e. The molecule has 16 heteroatoms. The van der Waals surface area contributed by atoms with E-state index in [1.165, 1.54) is 12.1 Å². The number of nitro groups is 1. The number of nitrogens with one attached hydrogen (secondary N) is 1. The summed E-state index contributed by atoms with van der Waals surface area (Å²) in [5.74, 6) is 0. The summed E-state index contributed by atoms with van der Waals surface area (Å²) >= 11 is 4.49. The smallest absolute Gasteiger partial charge is 0.364 e. The van der Waals surface area contributed by atoms with E-state index in [9.17, 15) is 34.9 Å². The Balaban J connectivity index is 1.79. The van der Waals surface area contributed by atoms with Gasteiger partial charge in [0, 0.05) is 0 Å². The molecule has 1 aliphatic heterocycles. The summed E-state index contributed by atoms with van der Waals surface area (Å²) < 4.78 is 11.8. The summed E-state index contributed by atoms with van der Waals surface area (Å²) in [6.07, 6.45) is -5.45. The lowest BCUT2D eigenvalue weighted by Crippen LogP contribution is -2.57. The van der Waals surface area contributed by atoms with Crippen LogP contribution in [-0.4, -0.2) is 68.5 Å². The van der Waals surface area contributed by atoms with Gasteiger partial charge in [0.25, 0.3) is 5.56 Å². The molecule has 176 valence electrons. The molecule has 1 saturated heterocycles. The first-order valence-electron chi connectivity index (χ1n) is 9.40. The van der Waals surface area contributed by atoms with Crippen LogP contribution in [0.25, 0.3) is 11.2 Å². The Morgan fingerprint density at radius 2 is 1.97 bits per heavy atom. The number of ether oxygens (including phenoxy) is 1. The quantitative estimate of drug-likeness (QED) is 0.117. The van der Waals surface area contributed by atoms with Crippen LogP contribution < -0.4 is 5.56 Å². The Morgan fingerprint density at radius 1 is 1.27 bits per heavy atom. The van der Waals surface area contributed by atoms with Crippen LogP contribution in [0.2, 0.25) is 0 Å². The zero-order chi connectivity index (χ0) is 24.0. The fraction of sp³-hybridized carbons (Fsp3) is 0.353. The molecule has 1 aliphatic rings. The average Bonchev–Trinajstić information content (AvgIpc) is 3.30. The van der Waals surface area contributed by atoms with Crippen LogP contribution in [0.3, 0.4) is 0 Å². The number of rotatable bonds is 7. The summed E-state index contributed by atoms with van der Waals surface area (Å²) in [4.78, 5) is 53.0. The van der Waals surface area contributed by atoms with Crippen molar-refractivity contribution in [3.8, 4) is 0 Å². The Hall–Kier alpha value is -2.62. The van der Waals surface area contributed by atoms with E-state index in [4.69, 9.17) is 9.26 Å². The van der Waals surface area contributed by atoms with Gasteiger partial charge in [-0.1, -0.05) is 30.3 Å². The molecular formula is C17H18N5O9PS. The van der Waals surface area contributed by atoms with Crippen LogP contribution in [0.4, 0.5) is 0 Å². The van der Waals surface area contributed by atoms with Gasteiger partial charge in [0.15, 0.2) is 23.5 Å². The van der Waals surface area contributed by atoms with E-state index >= 15 is 0 Å². The van der Waals surface area contributed by atoms with Crippen molar-refractivity contribution in [3.63, 3.8) is 0 Å². The topological polar surface area (TPSA) is 206 Å². The number of fused-ring (bicyclic) bond motifs is 1. The first-order chi connectivity index (χ1) is 15.5. The predicted molar refractivity (Wildman–Crippen MR) is 114 cm³/mol. The molecule has 0 aliphatic carbocycles. The minimum Gasteiger partial charge on any atom is -0.387 e. The number of aromatic amines is 1. The third kappa shape index (κ3) is 4.32. The van der Waals surface area contributed by atoms with Crippen molar-refractivity contribution in [1.29, 1.82) is 0 Å². The number of H-pyrrole nitrogens is 1. The SMILES string of the molecule is O=c1[nH]cnc2c1ncn2[C@@H]1O[C@H](C(Cc2ccccc2)(OP(O)(O)=S)[N+](=O)[O-])[C@@H](O)[C@H]1O. The van der Waals surface area contributed by atoms with Gasteiger partial charge < -0.3 is 29.7 Å². The number of hydrogen-bond donors (Lipinski definition) is 5. The zero-order valence-electron chi connectivity index (χ0n) is 16.5. The van der Waals surface area contributed by atoms with Crippen molar-refractivity contribution in [2.75, 3.05) is 0 Å². The van der Waals surface area contributed by atoms with E-state index in [2.05, 4.69) is 26.8 Å². The van der Waals surface area contributed by atoms with Gasteiger partial charge in [0.2, 0.25) is 0 Å². The van der Waals surface area contributed by atoms with Crippen molar-refractivity contribution in [3.05, 3.63) is 69.0 Å². The summed E-state index contributed by atoms with van der Waals surface area (Å²) in [5, 5.41) is 33.7. The second-order valence-electron chi connectivity index (χ2n) is 7.33. The molecule has 1 fully saturated rings. The Kier molecular flexibility index (Phi) is 6.15. The second-order valence-corrected chi connectivity index (χ2v) is 9.92. The average molecular weight is 499 g/mol. The van der Waals surface area contributed by atoms with Crippen LogP contribution in [0.1, 0.15) is 11.8 Å². The molecule has 0 amide bonds. The molecule has 0 radical (unpaired) electrons. The Morgan fingerprint density at radius 3 is 2.61 bits per heavy atom. The molecule has 5 atom stereocenters. The monoisotopic (exact) mass is 499 g/mol. The van der Waals surface area contributed by atoms with Crippen LogP contribution >= 0.6 is 6.72 Å². The summed E-state index contributed by atoms with van der Waals surface area (Å²) in [7, 11) is 0. The van der Waals surface area contributed by atoms with Crippen LogP contribution in [0.5, 0.6) is 0 Å². The molecule has 1 unspecified atom stereocenters. The highest BCUT2D eigenvalue weighted by Crippen LogP contribution is 2.48. The third-order valence-corrected chi connectivity index (χ3v) is 5.99. The maximum absolute atomic E-state index is 12.3. The fourth-order valence-electron chi connectivity index (χ4n) is 3.79. The van der Waals surface area contributed by atoms with Gasteiger partial charge in [-0.25, -0.2) is 14.5 Å². The lowest BCUT2D eigenvalue weighted by molar-refractivity contribution is -0.632. The normalized spacial score (nSPS) is 25.2. The molecule has 14 nitrogen and oxygen atoms in total. The highest BCUT2D eigenvalue weighted by molar-refractivity contribution is 8.06. The molecule has 3 aromatic rings. The lowest BCUT2D eigenvalue weighted by Gasteiger charge is -2.32. The molecule has 5 N–H and O–H groups in total. The maximum atomic E-state index is 12.3. The van der Waals surface area contributed by atoms with E-state index in [1.54, 1.807) is 18.2 Å². The van der Waals surface area contributed by atoms with Gasteiger partial charge in [-0.05, 0) is 17.4 Å². The fourth-order valence-corrected chi connectivity index (χ4v) is 4.83. The molecule has 0 saturated carbocycles. The van der Waals surface area contributed by atoms with Crippen LogP contribution in [0.15, 0.2) is 47.8 Å². The summed E-state index contributed by atoms with van der Waals surface area (Å²) in [6, 6.07) is 7.90. The maximum Gasteiger partial charge on any atom is 0.364 e. The van der Waals surface area contributed by atoms with Gasteiger partial charge in [-0.15, -0.1) is 0 Å².